The average Bonchev–Trinajstić information content (AvgIpc) is 2.63. The summed E-state index contributed by atoms with van der Waals surface area (Å²) >= 11 is 0. The Balaban J connectivity index is 2.70. The van der Waals surface area contributed by atoms with Crippen molar-refractivity contribution >= 4 is 5.97 Å². The summed E-state index contributed by atoms with van der Waals surface area (Å²) < 4.78 is 10.2. The minimum Gasteiger partial charge on any atom is -0.468 e. The maximum atomic E-state index is 11.5. The van der Waals surface area contributed by atoms with Gasteiger partial charge < -0.3 is 9.15 Å². The van der Waals surface area contributed by atoms with Crippen molar-refractivity contribution < 1.29 is 13.9 Å². The standard InChI is InChI=1S/C12H19NO3/c1-8-6-7-10(16-8)9(2)13-12(3,4)11(14)15-5/h6-7,9,13H,1-5H3. The van der Waals surface area contributed by atoms with Crippen LogP contribution in [0.3, 0.4) is 0 Å². The quantitative estimate of drug-likeness (QED) is 0.798. The minimum absolute atomic E-state index is 0.0391. The lowest BCUT2D eigenvalue weighted by Gasteiger charge is -2.26. The van der Waals surface area contributed by atoms with Gasteiger partial charge in [0.2, 0.25) is 0 Å². The molecule has 0 saturated heterocycles. The fraction of sp³-hybridized carbons (Fsp3) is 0.583. The van der Waals surface area contributed by atoms with Crippen LogP contribution in [0.15, 0.2) is 16.5 Å². The monoisotopic (exact) mass is 225 g/mol. The topological polar surface area (TPSA) is 51.5 Å². The molecule has 0 aliphatic carbocycles. The van der Waals surface area contributed by atoms with Crippen LogP contribution in [-0.4, -0.2) is 18.6 Å². The lowest BCUT2D eigenvalue weighted by molar-refractivity contribution is -0.147. The third-order valence-corrected chi connectivity index (χ3v) is 2.46. The molecule has 4 nitrogen and oxygen atoms in total. The molecule has 1 heterocycles. The highest BCUT2D eigenvalue weighted by molar-refractivity contribution is 5.79. The number of carbonyl (C=O) groups excluding carboxylic acids is 1. The Morgan fingerprint density at radius 3 is 2.56 bits per heavy atom. The number of rotatable bonds is 4. The highest BCUT2D eigenvalue weighted by atomic mass is 16.5. The number of methoxy groups -OCH3 is 1. The summed E-state index contributed by atoms with van der Waals surface area (Å²) in [5.74, 6) is 1.39. The van der Waals surface area contributed by atoms with Gasteiger partial charge in [-0.25, -0.2) is 0 Å². The Kier molecular flexibility index (Phi) is 3.75. The number of ether oxygens (including phenoxy) is 1. The van der Waals surface area contributed by atoms with Gasteiger partial charge in [0.15, 0.2) is 0 Å². The summed E-state index contributed by atoms with van der Waals surface area (Å²) in [6.45, 7) is 7.40. The van der Waals surface area contributed by atoms with Crippen molar-refractivity contribution in [3.63, 3.8) is 0 Å². The third-order valence-electron chi connectivity index (χ3n) is 2.46. The van der Waals surface area contributed by atoms with Gasteiger partial charge in [-0.2, -0.15) is 0 Å². The Bertz CT molecular complexity index is 368. The van der Waals surface area contributed by atoms with Gasteiger partial charge in [0.1, 0.15) is 17.1 Å². The van der Waals surface area contributed by atoms with Crippen LogP contribution in [0.4, 0.5) is 0 Å². The van der Waals surface area contributed by atoms with Gasteiger partial charge in [0, 0.05) is 0 Å². The fourth-order valence-corrected chi connectivity index (χ4v) is 1.61. The van der Waals surface area contributed by atoms with E-state index in [1.807, 2.05) is 26.0 Å². The number of nitrogens with one attached hydrogen (secondary N) is 1. The van der Waals surface area contributed by atoms with Crippen molar-refractivity contribution in [2.45, 2.75) is 39.3 Å². The first-order valence-electron chi connectivity index (χ1n) is 5.29. The second kappa shape index (κ2) is 4.70. The fourth-order valence-electron chi connectivity index (χ4n) is 1.61. The van der Waals surface area contributed by atoms with Crippen molar-refractivity contribution in [3.8, 4) is 0 Å². The molecule has 1 rings (SSSR count). The summed E-state index contributed by atoms with van der Waals surface area (Å²) in [6, 6.07) is 3.77. The van der Waals surface area contributed by atoms with Crippen LogP contribution >= 0.6 is 0 Å². The van der Waals surface area contributed by atoms with Crippen molar-refractivity contribution in [3.05, 3.63) is 23.7 Å². The van der Waals surface area contributed by atoms with Crippen molar-refractivity contribution in [1.29, 1.82) is 0 Å². The van der Waals surface area contributed by atoms with Gasteiger partial charge in [-0.15, -0.1) is 0 Å². The summed E-state index contributed by atoms with van der Waals surface area (Å²) in [5, 5.41) is 3.17. The number of aryl methyl sites for hydroxylation is 1. The van der Waals surface area contributed by atoms with Gasteiger partial charge in [-0.1, -0.05) is 0 Å². The van der Waals surface area contributed by atoms with Crippen LogP contribution < -0.4 is 5.32 Å². The summed E-state index contributed by atoms with van der Waals surface area (Å²) in [7, 11) is 1.38. The van der Waals surface area contributed by atoms with Crippen LogP contribution in [0.2, 0.25) is 0 Å². The second-order valence-electron chi connectivity index (χ2n) is 4.43. The van der Waals surface area contributed by atoms with E-state index in [9.17, 15) is 4.79 Å². The van der Waals surface area contributed by atoms with E-state index >= 15 is 0 Å². The highest BCUT2D eigenvalue weighted by Crippen LogP contribution is 2.19. The van der Waals surface area contributed by atoms with Gasteiger partial charge in [-0.05, 0) is 39.8 Å². The molecule has 1 aromatic rings. The molecule has 0 saturated carbocycles. The maximum Gasteiger partial charge on any atom is 0.325 e. The molecule has 0 fully saturated rings. The van der Waals surface area contributed by atoms with E-state index in [-0.39, 0.29) is 12.0 Å². The maximum absolute atomic E-state index is 11.5. The summed E-state index contributed by atoms with van der Waals surface area (Å²) in [5.41, 5.74) is -0.727. The predicted molar refractivity (Wildman–Crippen MR) is 61.1 cm³/mol. The molecule has 4 heteroatoms. The Labute approximate surface area is 96.0 Å². The molecular weight excluding hydrogens is 206 g/mol. The van der Waals surface area contributed by atoms with Gasteiger partial charge in [0.25, 0.3) is 0 Å². The molecule has 1 aromatic heterocycles. The molecule has 0 bridgehead atoms. The molecule has 90 valence electrons. The van der Waals surface area contributed by atoms with E-state index in [4.69, 9.17) is 9.15 Å². The van der Waals surface area contributed by atoms with Gasteiger partial charge in [0.05, 0.1) is 13.2 Å². The Morgan fingerprint density at radius 2 is 2.12 bits per heavy atom. The lowest BCUT2D eigenvalue weighted by Crippen LogP contribution is -2.48. The number of hydrogen-bond acceptors (Lipinski definition) is 4. The second-order valence-corrected chi connectivity index (χ2v) is 4.43. The van der Waals surface area contributed by atoms with Crippen LogP contribution in [0, 0.1) is 6.92 Å². The average molecular weight is 225 g/mol. The SMILES string of the molecule is COC(=O)C(C)(C)NC(C)c1ccc(C)o1. The van der Waals surface area contributed by atoms with Crippen molar-refractivity contribution in [2.24, 2.45) is 0 Å². The summed E-state index contributed by atoms with van der Waals surface area (Å²) in [6.07, 6.45) is 0. The largest absolute Gasteiger partial charge is 0.468 e. The van der Waals surface area contributed by atoms with E-state index < -0.39 is 5.54 Å². The summed E-state index contributed by atoms with van der Waals surface area (Å²) in [4.78, 5) is 11.5. The van der Waals surface area contributed by atoms with E-state index in [0.717, 1.165) is 11.5 Å². The molecule has 0 radical (unpaired) electrons. The van der Waals surface area contributed by atoms with Gasteiger partial charge in [-0.3, -0.25) is 10.1 Å². The molecule has 1 N–H and O–H groups in total. The highest BCUT2D eigenvalue weighted by Gasteiger charge is 2.30. The van der Waals surface area contributed by atoms with E-state index in [0.29, 0.717) is 0 Å². The Hall–Kier alpha value is -1.29. The molecule has 1 unspecified atom stereocenters. The Morgan fingerprint density at radius 1 is 1.50 bits per heavy atom. The van der Waals surface area contributed by atoms with Crippen LogP contribution in [0.25, 0.3) is 0 Å². The molecule has 1 atom stereocenters. The zero-order valence-corrected chi connectivity index (χ0v) is 10.5. The van der Waals surface area contributed by atoms with Crippen LogP contribution in [-0.2, 0) is 9.53 Å². The number of esters is 1. The zero-order chi connectivity index (χ0) is 12.3. The number of carbonyl (C=O) groups is 1. The van der Waals surface area contributed by atoms with E-state index in [1.54, 1.807) is 13.8 Å². The first-order chi connectivity index (χ1) is 7.36. The van der Waals surface area contributed by atoms with Crippen molar-refractivity contribution in [1.82, 2.24) is 5.32 Å². The molecule has 16 heavy (non-hydrogen) atoms. The molecule has 0 amide bonds. The lowest BCUT2D eigenvalue weighted by atomic mass is 10.0. The van der Waals surface area contributed by atoms with E-state index in [1.165, 1.54) is 7.11 Å². The molecule has 0 spiro atoms. The normalized spacial score (nSPS) is 13.6. The zero-order valence-electron chi connectivity index (χ0n) is 10.5. The van der Waals surface area contributed by atoms with Gasteiger partial charge >= 0.3 is 5.97 Å². The molecular formula is C12H19NO3. The predicted octanol–water partition coefficient (Wildman–Crippen LogP) is 2.19. The third kappa shape index (κ3) is 2.85. The first kappa shape index (κ1) is 12.8. The number of hydrogen-bond donors (Lipinski definition) is 1. The molecule has 0 aliphatic heterocycles. The smallest absolute Gasteiger partial charge is 0.325 e. The first-order valence-corrected chi connectivity index (χ1v) is 5.29. The molecule has 0 aliphatic rings. The van der Waals surface area contributed by atoms with Crippen LogP contribution in [0.5, 0.6) is 0 Å². The minimum atomic E-state index is -0.727. The molecule has 0 aromatic carbocycles. The van der Waals surface area contributed by atoms with Crippen LogP contribution in [0.1, 0.15) is 38.3 Å². The number of furan rings is 1. The van der Waals surface area contributed by atoms with E-state index in [2.05, 4.69) is 5.32 Å². The van der Waals surface area contributed by atoms with Crippen molar-refractivity contribution in [2.75, 3.05) is 7.11 Å².